The highest BCUT2D eigenvalue weighted by Gasteiger charge is 2.21. The standard InChI is InChI=1S/C14H18FN3O/c1-14(2,3)10-6-8-5-9(15)7-11(19-4)12(8)17-13(10)18-16/h5-7H,16H2,1-4H3,(H,17,18). The lowest BCUT2D eigenvalue weighted by molar-refractivity contribution is 0.415. The SMILES string of the molecule is COc1cc(F)cc2cc(C(C)(C)C)c(NN)nc12. The number of fused-ring (bicyclic) bond motifs is 1. The Kier molecular flexibility index (Phi) is 3.32. The van der Waals surface area contributed by atoms with Crippen LogP contribution in [0.15, 0.2) is 18.2 Å². The predicted molar refractivity (Wildman–Crippen MR) is 74.8 cm³/mol. The van der Waals surface area contributed by atoms with Crippen LogP contribution in [0.1, 0.15) is 26.3 Å². The molecule has 2 rings (SSSR count). The van der Waals surface area contributed by atoms with Crippen LogP contribution in [0.2, 0.25) is 0 Å². The van der Waals surface area contributed by atoms with Crippen LogP contribution in [0.4, 0.5) is 10.2 Å². The topological polar surface area (TPSA) is 60.2 Å². The van der Waals surface area contributed by atoms with Gasteiger partial charge in [-0.2, -0.15) is 0 Å². The van der Waals surface area contributed by atoms with Gasteiger partial charge in [0.1, 0.15) is 22.9 Å². The molecule has 3 N–H and O–H groups in total. The van der Waals surface area contributed by atoms with E-state index in [2.05, 4.69) is 10.4 Å². The fourth-order valence-electron chi connectivity index (χ4n) is 2.06. The van der Waals surface area contributed by atoms with Crippen molar-refractivity contribution in [1.82, 2.24) is 4.98 Å². The summed E-state index contributed by atoms with van der Waals surface area (Å²) < 4.78 is 18.7. The van der Waals surface area contributed by atoms with Gasteiger partial charge in [0.2, 0.25) is 0 Å². The van der Waals surface area contributed by atoms with E-state index in [-0.39, 0.29) is 11.2 Å². The van der Waals surface area contributed by atoms with Gasteiger partial charge >= 0.3 is 0 Å². The van der Waals surface area contributed by atoms with E-state index in [1.54, 1.807) is 0 Å². The molecular formula is C14H18FN3O. The Balaban J connectivity index is 2.81. The van der Waals surface area contributed by atoms with Gasteiger partial charge in [0.15, 0.2) is 0 Å². The minimum Gasteiger partial charge on any atom is -0.494 e. The molecule has 5 heteroatoms. The van der Waals surface area contributed by atoms with Gasteiger partial charge in [-0.3, -0.25) is 0 Å². The Morgan fingerprint density at radius 3 is 2.47 bits per heavy atom. The van der Waals surface area contributed by atoms with Gasteiger partial charge in [-0.1, -0.05) is 20.8 Å². The second-order valence-electron chi connectivity index (χ2n) is 5.46. The van der Waals surface area contributed by atoms with Crippen LogP contribution >= 0.6 is 0 Å². The van der Waals surface area contributed by atoms with Crippen LogP contribution in [0.3, 0.4) is 0 Å². The molecule has 0 aliphatic heterocycles. The summed E-state index contributed by atoms with van der Waals surface area (Å²) in [5.74, 6) is 6.15. The van der Waals surface area contributed by atoms with Crippen molar-refractivity contribution < 1.29 is 9.13 Å². The third-order valence-electron chi connectivity index (χ3n) is 3.01. The van der Waals surface area contributed by atoms with Gasteiger partial charge in [-0.05, 0) is 17.5 Å². The molecule has 0 atom stereocenters. The number of halogens is 1. The molecule has 0 fully saturated rings. The molecule has 4 nitrogen and oxygen atoms in total. The van der Waals surface area contributed by atoms with Crippen LogP contribution in [0.25, 0.3) is 10.9 Å². The number of nitrogen functional groups attached to an aromatic ring is 1. The lowest BCUT2D eigenvalue weighted by Crippen LogP contribution is -2.19. The Morgan fingerprint density at radius 1 is 1.26 bits per heavy atom. The van der Waals surface area contributed by atoms with E-state index >= 15 is 0 Å². The van der Waals surface area contributed by atoms with Crippen LogP contribution in [-0.4, -0.2) is 12.1 Å². The Labute approximate surface area is 111 Å². The zero-order valence-corrected chi connectivity index (χ0v) is 11.5. The summed E-state index contributed by atoms with van der Waals surface area (Å²) in [5, 5.41) is 0.695. The fraction of sp³-hybridized carbons (Fsp3) is 0.357. The second kappa shape index (κ2) is 4.66. The summed E-state index contributed by atoms with van der Waals surface area (Å²) in [5.41, 5.74) is 3.96. The molecule has 19 heavy (non-hydrogen) atoms. The maximum atomic E-state index is 13.5. The number of rotatable bonds is 2. The minimum atomic E-state index is -0.348. The van der Waals surface area contributed by atoms with Crippen LogP contribution in [0, 0.1) is 5.82 Å². The van der Waals surface area contributed by atoms with Gasteiger partial charge in [-0.15, -0.1) is 0 Å². The molecule has 102 valence electrons. The molecule has 2 aromatic rings. The van der Waals surface area contributed by atoms with Gasteiger partial charge in [0, 0.05) is 17.0 Å². The summed E-state index contributed by atoms with van der Waals surface area (Å²) in [6.07, 6.45) is 0. The number of ether oxygens (including phenoxy) is 1. The third-order valence-corrected chi connectivity index (χ3v) is 3.01. The molecule has 1 aromatic heterocycles. The molecule has 0 aliphatic carbocycles. The third kappa shape index (κ3) is 2.46. The summed E-state index contributed by atoms with van der Waals surface area (Å²) in [6, 6.07) is 4.65. The number of hydrazine groups is 1. The van der Waals surface area contributed by atoms with E-state index in [4.69, 9.17) is 10.6 Å². The van der Waals surface area contributed by atoms with Crippen molar-refractivity contribution in [3.05, 3.63) is 29.6 Å². The monoisotopic (exact) mass is 263 g/mol. The first-order valence-electron chi connectivity index (χ1n) is 6.02. The average Bonchev–Trinajstić information content (AvgIpc) is 2.35. The van der Waals surface area contributed by atoms with Crippen LogP contribution < -0.4 is 16.0 Å². The fourth-order valence-corrected chi connectivity index (χ4v) is 2.06. The molecule has 1 aromatic carbocycles. The lowest BCUT2D eigenvalue weighted by atomic mass is 9.86. The number of nitrogens with two attached hydrogens (primary N) is 1. The Morgan fingerprint density at radius 2 is 1.95 bits per heavy atom. The first-order chi connectivity index (χ1) is 8.86. The van der Waals surface area contributed by atoms with Crippen molar-refractivity contribution >= 4 is 16.7 Å². The number of methoxy groups -OCH3 is 1. The summed E-state index contributed by atoms with van der Waals surface area (Å²) in [7, 11) is 1.49. The van der Waals surface area contributed by atoms with E-state index in [1.807, 2.05) is 26.8 Å². The van der Waals surface area contributed by atoms with Crippen molar-refractivity contribution in [3.8, 4) is 5.75 Å². The molecule has 0 aliphatic rings. The first-order valence-corrected chi connectivity index (χ1v) is 6.02. The molecule has 0 spiro atoms. The number of aromatic nitrogens is 1. The molecule has 0 saturated heterocycles. The van der Waals surface area contributed by atoms with Crippen molar-refractivity contribution in [3.63, 3.8) is 0 Å². The average molecular weight is 263 g/mol. The summed E-state index contributed by atoms with van der Waals surface area (Å²) in [6.45, 7) is 6.15. The van der Waals surface area contributed by atoms with Crippen molar-refractivity contribution in [2.45, 2.75) is 26.2 Å². The smallest absolute Gasteiger partial charge is 0.148 e. The number of anilines is 1. The van der Waals surface area contributed by atoms with E-state index < -0.39 is 0 Å². The van der Waals surface area contributed by atoms with Crippen molar-refractivity contribution in [1.29, 1.82) is 0 Å². The Bertz CT molecular complexity index is 620. The zero-order chi connectivity index (χ0) is 14.2. The van der Waals surface area contributed by atoms with Gasteiger partial charge < -0.3 is 10.2 Å². The van der Waals surface area contributed by atoms with Crippen LogP contribution in [-0.2, 0) is 5.41 Å². The number of hydrogen-bond acceptors (Lipinski definition) is 4. The van der Waals surface area contributed by atoms with E-state index in [0.717, 1.165) is 5.56 Å². The molecule has 0 saturated carbocycles. The Hall–Kier alpha value is -1.88. The molecular weight excluding hydrogens is 245 g/mol. The lowest BCUT2D eigenvalue weighted by Gasteiger charge is -2.22. The van der Waals surface area contributed by atoms with Crippen molar-refractivity contribution in [2.24, 2.45) is 5.84 Å². The van der Waals surface area contributed by atoms with E-state index in [0.29, 0.717) is 22.5 Å². The number of nitrogens with zero attached hydrogens (tertiary/aromatic N) is 1. The quantitative estimate of drug-likeness (QED) is 0.646. The summed E-state index contributed by atoms with van der Waals surface area (Å²) in [4.78, 5) is 4.44. The van der Waals surface area contributed by atoms with Crippen LogP contribution in [0.5, 0.6) is 5.75 Å². The first kappa shape index (κ1) is 13.5. The number of nitrogens with one attached hydrogen (secondary N) is 1. The minimum absolute atomic E-state index is 0.150. The van der Waals surface area contributed by atoms with E-state index in [9.17, 15) is 4.39 Å². The molecule has 1 heterocycles. The normalized spacial score (nSPS) is 11.7. The van der Waals surface area contributed by atoms with Crippen molar-refractivity contribution in [2.75, 3.05) is 12.5 Å². The number of benzene rings is 1. The highest BCUT2D eigenvalue weighted by Crippen LogP contribution is 2.34. The number of hydrogen-bond donors (Lipinski definition) is 2. The highest BCUT2D eigenvalue weighted by molar-refractivity contribution is 5.87. The largest absolute Gasteiger partial charge is 0.494 e. The van der Waals surface area contributed by atoms with Gasteiger partial charge in [0.05, 0.1) is 7.11 Å². The number of pyridine rings is 1. The maximum Gasteiger partial charge on any atom is 0.148 e. The molecule has 0 unspecified atom stereocenters. The van der Waals surface area contributed by atoms with E-state index in [1.165, 1.54) is 19.2 Å². The van der Waals surface area contributed by atoms with Gasteiger partial charge in [0.25, 0.3) is 0 Å². The highest BCUT2D eigenvalue weighted by atomic mass is 19.1. The predicted octanol–water partition coefficient (Wildman–Crippen LogP) is 2.97. The molecule has 0 radical (unpaired) electrons. The molecule has 0 bridgehead atoms. The second-order valence-corrected chi connectivity index (χ2v) is 5.46. The molecule has 0 amide bonds. The maximum absolute atomic E-state index is 13.5. The van der Waals surface area contributed by atoms with Gasteiger partial charge in [-0.25, -0.2) is 15.2 Å². The zero-order valence-electron chi connectivity index (χ0n) is 11.5. The summed E-state index contributed by atoms with van der Waals surface area (Å²) >= 11 is 0.